The summed E-state index contributed by atoms with van der Waals surface area (Å²) in [4.78, 5) is 29.0. The first-order valence-electron chi connectivity index (χ1n) is 10.2. The number of para-hydroxylation sites is 1. The number of likely N-dealkylation sites (tertiary alicyclic amines) is 1. The standard InChI is InChI=1S/C21H28ClN3O2/c22-18-7-3-4-8-19(18)25-14-15(13-20(25)26)21(27)24-11-9-17(10-12-24)23-16-5-1-2-6-16/h3-4,7-8,15-17,23H,1-2,5-6,9-14H2. The highest BCUT2D eigenvalue weighted by Crippen LogP contribution is 2.32. The molecular weight excluding hydrogens is 362 g/mol. The minimum atomic E-state index is -0.256. The highest BCUT2D eigenvalue weighted by atomic mass is 35.5. The third-order valence-corrected chi connectivity index (χ3v) is 6.57. The predicted molar refractivity (Wildman–Crippen MR) is 107 cm³/mol. The minimum absolute atomic E-state index is 0.0146. The molecule has 27 heavy (non-hydrogen) atoms. The molecule has 146 valence electrons. The zero-order valence-corrected chi connectivity index (χ0v) is 16.5. The Morgan fingerprint density at radius 2 is 1.70 bits per heavy atom. The van der Waals surface area contributed by atoms with Gasteiger partial charge in [-0.2, -0.15) is 0 Å². The fourth-order valence-electron chi connectivity index (χ4n) is 4.73. The van der Waals surface area contributed by atoms with E-state index in [1.54, 1.807) is 11.0 Å². The highest BCUT2D eigenvalue weighted by Gasteiger charge is 2.38. The molecule has 2 saturated heterocycles. The molecule has 0 aromatic heterocycles. The van der Waals surface area contributed by atoms with E-state index in [1.165, 1.54) is 25.7 Å². The first-order chi connectivity index (χ1) is 13.1. The van der Waals surface area contributed by atoms with Crippen LogP contribution in [0.25, 0.3) is 0 Å². The molecule has 2 amide bonds. The number of carbonyl (C=O) groups excluding carboxylic acids is 2. The average Bonchev–Trinajstić information content (AvgIpc) is 3.32. The molecule has 0 bridgehead atoms. The van der Waals surface area contributed by atoms with E-state index in [-0.39, 0.29) is 24.2 Å². The van der Waals surface area contributed by atoms with Gasteiger partial charge in [-0.3, -0.25) is 9.59 Å². The van der Waals surface area contributed by atoms with Crippen LogP contribution in [-0.4, -0.2) is 48.4 Å². The van der Waals surface area contributed by atoms with E-state index in [4.69, 9.17) is 11.6 Å². The van der Waals surface area contributed by atoms with Gasteiger partial charge in [0.05, 0.1) is 16.6 Å². The van der Waals surface area contributed by atoms with Crippen molar-refractivity contribution in [1.29, 1.82) is 0 Å². The Morgan fingerprint density at radius 3 is 2.41 bits per heavy atom. The largest absolute Gasteiger partial charge is 0.342 e. The van der Waals surface area contributed by atoms with E-state index in [2.05, 4.69) is 5.32 Å². The SMILES string of the molecule is O=C(C1CC(=O)N(c2ccccc2Cl)C1)N1CCC(NC2CCCC2)CC1. The van der Waals surface area contributed by atoms with Crippen molar-refractivity contribution in [3.63, 3.8) is 0 Å². The van der Waals surface area contributed by atoms with Crippen LogP contribution in [0.2, 0.25) is 5.02 Å². The van der Waals surface area contributed by atoms with Gasteiger partial charge in [0.15, 0.2) is 0 Å². The summed E-state index contributed by atoms with van der Waals surface area (Å²) in [6.45, 7) is 2.02. The molecule has 1 saturated carbocycles. The Kier molecular flexibility index (Phi) is 5.69. The Morgan fingerprint density at radius 1 is 1.04 bits per heavy atom. The van der Waals surface area contributed by atoms with Gasteiger partial charge in [0, 0.05) is 38.1 Å². The fourth-order valence-corrected chi connectivity index (χ4v) is 4.96. The lowest BCUT2D eigenvalue weighted by atomic mass is 10.0. The van der Waals surface area contributed by atoms with Gasteiger partial charge >= 0.3 is 0 Å². The van der Waals surface area contributed by atoms with Crippen LogP contribution in [0.4, 0.5) is 5.69 Å². The third kappa shape index (κ3) is 4.14. The second-order valence-corrected chi connectivity index (χ2v) is 8.51. The summed E-state index contributed by atoms with van der Waals surface area (Å²) in [7, 11) is 0. The number of piperidine rings is 1. The van der Waals surface area contributed by atoms with E-state index >= 15 is 0 Å². The minimum Gasteiger partial charge on any atom is -0.342 e. The summed E-state index contributed by atoms with van der Waals surface area (Å²) < 4.78 is 0. The van der Waals surface area contributed by atoms with Crippen molar-refractivity contribution in [2.24, 2.45) is 5.92 Å². The van der Waals surface area contributed by atoms with Crippen molar-refractivity contribution >= 4 is 29.1 Å². The monoisotopic (exact) mass is 389 g/mol. The van der Waals surface area contributed by atoms with Gasteiger partial charge in [-0.05, 0) is 37.8 Å². The van der Waals surface area contributed by atoms with Crippen molar-refractivity contribution in [1.82, 2.24) is 10.2 Å². The number of halogens is 1. The number of hydrogen-bond acceptors (Lipinski definition) is 3. The maximum atomic E-state index is 13.0. The van der Waals surface area contributed by atoms with E-state index in [9.17, 15) is 9.59 Å². The molecule has 1 aromatic rings. The summed E-state index contributed by atoms with van der Waals surface area (Å²) in [6.07, 6.45) is 7.57. The number of amides is 2. The summed E-state index contributed by atoms with van der Waals surface area (Å²) in [6, 6.07) is 8.54. The maximum absolute atomic E-state index is 13.0. The lowest BCUT2D eigenvalue weighted by molar-refractivity contribution is -0.136. The van der Waals surface area contributed by atoms with E-state index in [0.717, 1.165) is 25.9 Å². The molecule has 3 aliphatic rings. The molecular formula is C21H28ClN3O2. The van der Waals surface area contributed by atoms with Gasteiger partial charge in [-0.1, -0.05) is 36.6 Å². The number of nitrogens with one attached hydrogen (secondary N) is 1. The van der Waals surface area contributed by atoms with E-state index in [0.29, 0.717) is 29.3 Å². The smallest absolute Gasteiger partial charge is 0.228 e. The Bertz CT molecular complexity index is 696. The molecule has 1 unspecified atom stereocenters. The molecule has 2 heterocycles. The molecule has 6 heteroatoms. The quantitative estimate of drug-likeness (QED) is 0.860. The van der Waals surface area contributed by atoms with Crippen LogP contribution in [0.1, 0.15) is 44.9 Å². The molecule has 0 radical (unpaired) electrons. The number of nitrogens with zero attached hydrogens (tertiary/aromatic N) is 2. The van der Waals surface area contributed by atoms with Crippen molar-refractivity contribution in [3.8, 4) is 0 Å². The first kappa shape index (κ1) is 18.8. The molecule has 3 fully saturated rings. The Labute approximate surface area is 166 Å². The second-order valence-electron chi connectivity index (χ2n) is 8.10. The second kappa shape index (κ2) is 8.19. The van der Waals surface area contributed by atoms with Gasteiger partial charge < -0.3 is 15.1 Å². The zero-order chi connectivity index (χ0) is 18.8. The first-order valence-corrected chi connectivity index (χ1v) is 10.6. The summed E-state index contributed by atoms with van der Waals surface area (Å²) in [5.74, 6) is -0.149. The predicted octanol–water partition coefficient (Wildman–Crippen LogP) is 3.22. The topological polar surface area (TPSA) is 52.7 Å². The third-order valence-electron chi connectivity index (χ3n) is 6.25. The van der Waals surface area contributed by atoms with Gasteiger partial charge in [0.1, 0.15) is 0 Å². The van der Waals surface area contributed by atoms with E-state index < -0.39 is 0 Å². The molecule has 1 aromatic carbocycles. The van der Waals surface area contributed by atoms with Crippen molar-refractivity contribution in [3.05, 3.63) is 29.3 Å². The fraction of sp³-hybridized carbons (Fsp3) is 0.619. The van der Waals surface area contributed by atoms with Gasteiger partial charge in [0.2, 0.25) is 11.8 Å². The average molecular weight is 390 g/mol. The van der Waals surface area contributed by atoms with Crippen LogP contribution in [0, 0.1) is 5.92 Å². The number of carbonyl (C=O) groups is 2. The van der Waals surface area contributed by atoms with Gasteiger partial charge in [-0.15, -0.1) is 0 Å². The summed E-state index contributed by atoms with van der Waals surface area (Å²) in [5.41, 5.74) is 0.707. The molecule has 2 aliphatic heterocycles. The molecule has 1 N–H and O–H groups in total. The van der Waals surface area contributed by atoms with Crippen LogP contribution in [-0.2, 0) is 9.59 Å². The zero-order valence-electron chi connectivity index (χ0n) is 15.7. The van der Waals surface area contributed by atoms with Crippen molar-refractivity contribution < 1.29 is 9.59 Å². The number of benzene rings is 1. The summed E-state index contributed by atoms with van der Waals surface area (Å²) >= 11 is 6.24. The van der Waals surface area contributed by atoms with Crippen LogP contribution < -0.4 is 10.2 Å². The van der Waals surface area contributed by atoms with E-state index in [1.807, 2.05) is 23.1 Å². The molecule has 1 atom stereocenters. The van der Waals surface area contributed by atoms with Crippen molar-refractivity contribution in [2.45, 2.75) is 57.0 Å². The molecule has 4 rings (SSSR count). The van der Waals surface area contributed by atoms with Crippen LogP contribution in [0.5, 0.6) is 0 Å². The highest BCUT2D eigenvalue weighted by molar-refractivity contribution is 6.33. The van der Waals surface area contributed by atoms with Gasteiger partial charge in [-0.25, -0.2) is 0 Å². The Balaban J connectivity index is 1.31. The normalized spacial score (nSPS) is 24.8. The van der Waals surface area contributed by atoms with Crippen molar-refractivity contribution in [2.75, 3.05) is 24.5 Å². The lowest BCUT2D eigenvalue weighted by Crippen LogP contribution is -2.48. The summed E-state index contributed by atoms with van der Waals surface area (Å²) in [5, 5.41) is 4.33. The number of rotatable bonds is 4. The lowest BCUT2D eigenvalue weighted by Gasteiger charge is -2.35. The van der Waals surface area contributed by atoms with Crippen LogP contribution in [0.3, 0.4) is 0 Å². The Hall–Kier alpha value is -1.59. The molecule has 1 aliphatic carbocycles. The maximum Gasteiger partial charge on any atom is 0.228 e. The number of anilines is 1. The molecule has 5 nitrogen and oxygen atoms in total. The van der Waals surface area contributed by atoms with Crippen LogP contribution >= 0.6 is 11.6 Å². The number of hydrogen-bond donors (Lipinski definition) is 1. The van der Waals surface area contributed by atoms with Gasteiger partial charge in [0.25, 0.3) is 0 Å². The van der Waals surface area contributed by atoms with Crippen LogP contribution in [0.15, 0.2) is 24.3 Å². The molecule has 0 spiro atoms.